The highest BCUT2D eigenvalue weighted by Crippen LogP contribution is 2.38. The van der Waals surface area contributed by atoms with Crippen LogP contribution in [0.15, 0.2) is 78.9 Å². The number of allylic oxidation sites excluding steroid dienone is 6. The van der Waals surface area contributed by atoms with Gasteiger partial charge in [0.15, 0.2) is 0 Å². The molecule has 2 aromatic heterocycles. The maximum Gasteiger partial charge on any atom is 0.124 e. The van der Waals surface area contributed by atoms with Gasteiger partial charge < -0.3 is 0 Å². The third kappa shape index (κ3) is 2.69. The summed E-state index contributed by atoms with van der Waals surface area (Å²) >= 11 is 3.45. The van der Waals surface area contributed by atoms with E-state index >= 15 is 0 Å². The van der Waals surface area contributed by atoms with E-state index in [0.717, 1.165) is 31.0 Å². The average Bonchev–Trinajstić information content (AvgIpc) is 3.37. The van der Waals surface area contributed by atoms with Gasteiger partial charge in [0.2, 0.25) is 0 Å². The molecule has 1 nitrogen and oxygen atoms in total. The molecule has 1 aliphatic carbocycles. The molecule has 0 unspecified atom stereocenters. The molecule has 0 aliphatic heterocycles. The first kappa shape index (κ1) is 16.9. The van der Waals surface area contributed by atoms with Crippen molar-refractivity contribution in [3.8, 4) is 10.6 Å². The van der Waals surface area contributed by atoms with Gasteiger partial charge in [0.1, 0.15) is 25.0 Å². The van der Waals surface area contributed by atoms with E-state index in [9.17, 15) is 0 Å². The van der Waals surface area contributed by atoms with Crippen LogP contribution >= 0.6 is 22.7 Å². The number of hydrogen-bond acceptors (Lipinski definition) is 3. The van der Waals surface area contributed by atoms with Crippen molar-refractivity contribution in [2.45, 2.75) is 0 Å². The number of aromatic nitrogens is 1. The molecule has 4 heteroatoms. The minimum Gasteiger partial charge on any atom is -0.237 e. The first-order valence-corrected chi connectivity index (χ1v) is 11.0. The molecule has 5 aromatic rings. The molecule has 0 atom stereocenters. The Morgan fingerprint density at radius 2 is 1.69 bits per heavy atom. The van der Waals surface area contributed by atoms with Crippen molar-refractivity contribution in [2.24, 2.45) is 0 Å². The molecule has 29 heavy (non-hydrogen) atoms. The number of hydrogen-bond donors (Lipinski definition) is 0. The molecule has 2 radical (unpaired) electrons. The van der Waals surface area contributed by atoms with Gasteiger partial charge in [-0.05, 0) is 12.1 Å². The summed E-state index contributed by atoms with van der Waals surface area (Å²) in [5, 5.41) is 3.49. The monoisotopic (exact) mass is 402 g/mol. The number of thiophene rings is 1. The molecule has 0 amide bonds. The summed E-state index contributed by atoms with van der Waals surface area (Å²) in [6.07, 6.45) is 11.1. The van der Waals surface area contributed by atoms with Crippen LogP contribution in [0.25, 0.3) is 46.5 Å². The maximum atomic E-state index is 6.56. The lowest BCUT2D eigenvalue weighted by atomic mass is 9.93. The molecule has 3 aromatic carbocycles. The minimum absolute atomic E-state index is 0.790. The van der Waals surface area contributed by atoms with Crippen LogP contribution in [0.1, 0.15) is 5.56 Å². The summed E-state index contributed by atoms with van der Waals surface area (Å²) in [6, 6.07) is 19.3. The maximum absolute atomic E-state index is 6.56. The van der Waals surface area contributed by atoms with Crippen LogP contribution in [-0.2, 0) is 0 Å². The van der Waals surface area contributed by atoms with E-state index in [1.54, 1.807) is 22.7 Å². The van der Waals surface area contributed by atoms with Crippen LogP contribution in [-0.4, -0.2) is 12.8 Å². The Balaban J connectivity index is 1.48. The Bertz CT molecular complexity index is 1500. The largest absolute Gasteiger partial charge is 0.237 e. The normalized spacial score (nSPS) is 13.3. The minimum atomic E-state index is 0.790. The molecule has 0 fully saturated rings. The number of nitrogens with zero attached hydrogens (tertiary/aromatic N) is 1. The van der Waals surface area contributed by atoms with Crippen molar-refractivity contribution in [3.05, 3.63) is 90.5 Å². The van der Waals surface area contributed by atoms with Crippen molar-refractivity contribution in [1.82, 2.24) is 4.98 Å². The molecular weight excluding hydrogens is 389 g/mol. The van der Waals surface area contributed by atoms with Crippen LogP contribution in [0.3, 0.4) is 0 Å². The number of rotatable bonds is 2. The predicted octanol–water partition coefficient (Wildman–Crippen LogP) is 6.44. The van der Waals surface area contributed by atoms with Crippen LogP contribution < -0.4 is 5.46 Å². The zero-order chi connectivity index (χ0) is 19.4. The number of fused-ring (bicyclic) bond motifs is 4. The lowest BCUT2D eigenvalue weighted by Gasteiger charge is -2.00. The van der Waals surface area contributed by atoms with E-state index in [4.69, 9.17) is 12.8 Å². The van der Waals surface area contributed by atoms with Gasteiger partial charge in [0.05, 0.1) is 27.9 Å². The van der Waals surface area contributed by atoms with Crippen LogP contribution in [0.2, 0.25) is 0 Å². The van der Waals surface area contributed by atoms with E-state index in [2.05, 4.69) is 72.8 Å². The van der Waals surface area contributed by atoms with Crippen LogP contribution in [0.4, 0.5) is 0 Å². The summed E-state index contributed by atoms with van der Waals surface area (Å²) in [7, 11) is 6.56. The second-order valence-corrected chi connectivity index (χ2v) is 9.08. The summed E-state index contributed by atoms with van der Waals surface area (Å²) < 4.78 is 3.53. The fourth-order valence-electron chi connectivity index (χ4n) is 3.78. The van der Waals surface area contributed by atoms with Gasteiger partial charge >= 0.3 is 0 Å². The zero-order valence-electron chi connectivity index (χ0n) is 15.3. The lowest BCUT2D eigenvalue weighted by molar-refractivity contribution is 1.48. The summed E-state index contributed by atoms with van der Waals surface area (Å²) in [5.74, 6) is 0. The van der Waals surface area contributed by atoms with Gasteiger partial charge in [-0.15, -0.1) is 22.7 Å². The first-order chi connectivity index (χ1) is 14.3. The molecule has 132 valence electrons. The summed E-state index contributed by atoms with van der Waals surface area (Å²) in [5.41, 5.74) is 5.20. The second kappa shape index (κ2) is 6.50. The summed E-state index contributed by atoms with van der Waals surface area (Å²) in [6.45, 7) is 0. The van der Waals surface area contributed by atoms with Crippen molar-refractivity contribution in [1.29, 1.82) is 0 Å². The topological polar surface area (TPSA) is 12.9 Å². The van der Waals surface area contributed by atoms with Gasteiger partial charge in [-0.2, -0.15) is 0 Å². The lowest BCUT2D eigenvalue weighted by Crippen LogP contribution is -2.03. The van der Waals surface area contributed by atoms with Gasteiger partial charge in [-0.1, -0.05) is 47.9 Å². The van der Waals surface area contributed by atoms with E-state index in [1.807, 2.05) is 12.2 Å². The Morgan fingerprint density at radius 1 is 0.862 bits per heavy atom. The van der Waals surface area contributed by atoms with E-state index < -0.39 is 0 Å². The molecule has 6 rings (SSSR count). The molecular formula is C25H13BNS2+. The third-order valence-corrected chi connectivity index (χ3v) is 7.52. The zero-order valence-corrected chi connectivity index (χ0v) is 17.0. The third-order valence-electron chi connectivity index (χ3n) is 5.25. The highest BCUT2D eigenvalue weighted by Gasteiger charge is 2.15. The molecule has 0 saturated heterocycles. The van der Waals surface area contributed by atoms with Gasteiger partial charge in [-0.25, -0.2) is 4.98 Å². The quantitative estimate of drug-likeness (QED) is 0.245. The molecule has 2 heterocycles. The first-order valence-electron chi connectivity index (χ1n) is 9.35. The molecule has 0 spiro atoms. The van der Waals surface area contributed by atoms with Gasteiger partial charge in [-0.3, -0.25) is 0 Å². The van der Waals surface area contributed by atoms with Gasteiger partial charge in [0.25, 0.3) is 0 Å². The molecule has 0 N–H and O–H groups in total. The Labute approximate surface area is 177 Å². The Morgan fingerprint density at radius 3 is 2.52 bits per heavy atom. The number of thiazole rings is 1. The highest BCUT2D eigenvalue weighted by atomic mass is 32.1. The molecule has 1 aliphatic rings. The van der Waals surface area contributed by atoms with Crippen molar-refractivity contribution >= 4 is 71.9 Å². The Kier molecular flexibility index (Phi) is 3.78. The fraction of sp³-hybridized carbons (Fsp3) is 0. The van der Waals surface area contributed by atoms with Crippen molar-refractivity contribution < 1.29 is 0 Å². The number of benzene rings is 3. The predicted molar refractivity (Wildman–Crippen MR) is 128 cm³/mol. The average molecular weight is 402 g/mol. The fourth-order valence-corrected chi connectivity index (χ4v) is 5.95. The van der Waals surface area contributed by atoms with Crippen LogP contribution in [0, 0.1) is 6.08 Å². The van der Waals surface area contributed by atoms with Gasteiger partial charge in [0, 0.05) is 37.4 Å². The standard InChI is InChI=1S/C25H13BNS2/c26-22-23-21(14-19-18-8-4-5-9-20(18)28-24(19)22)29-25(27-23)17-12-10-16(11-13-17)15-6-2-1-3-7-15/h2-14H/q+1. The second-order valence-electron chi connectivity index (χ2n) is 7.00. The smallest absolute Gasteiger partial charge is 0.124 e. The van der Waals surface area contributed by atoms with E-state index in [1.165, 1.54) is 26.6 Å². The van der Waals surface area contributed by atoms with E-state index in [0.29, 0.717) is 0 Å². The molecule has 0 saturated carbocycles. The Hall–Kier alpha value is -3.04. The highest BCUT2D eigenvalue weighted by molar-refractivity contribution is 7.27. The van der Waals surface area contributed by atoms with E-state index in [-0.39, 0.29) is 0 Å². The molecule has 0 bridgehead atoms. The summed E-state index contributed by atoms with van der Waals surface area (Å²) in [4.78, 5) is 4.90. The van der Waals surface area contributed by atoms with Crippen molar-refractivity contribution in [3.63, 3.8) is 0 Å². The van der Waals surface area contributed by atoms with Crippen molar-refractivity contribution in [2.75, 3.05) is 0 Å². The van der Waals surface area contributed by atoms with Crippen LogP contribution in [0.5, 0.6) is 0 Å². The SMILES string of the molecule is [B]c1c2nc(-c3ccc(C4=CC=[C+]C=C4)cc3)sc2cc2c1sc1ccccc12.